The fourth-order valence-corrected chi connectivity index (χ4v) is 3.63. The number of aromatic amines is 1. The zero-order chi connectivity index (χ0) is 19.8. The van der Waals surface area contributed by atoms with Crippen LogP contribution in [0.3, 0.4) is 0 Å². The lowest BCUT2D eigenvalue weighted by atomic mass is 10.1. The number of halogens is 2. The number of unbranched alkanes of at least 4 members (excludes halogenated alkanes) is 1. The fraction of sp³-hybridized carbons (Fsp3) is 0.571. The van der Waals surface area contributed by atoms with E-state index in [1.807, 2.05) is 6.20 Å². The summed E-state index contributed by atoms with van der Waals surface area (Å²) < 4.78 is 13.5. The Morgan fingerprint density at radius 2 is 1.90 bits per heavy atom. The highest BCUT2D eigenvalue weighted by Crippen LogP contribution is 2.19. The van der Waals surface area contributed by atoms with Crippen molar-refractivity contribution >= 4 is 40.8 Å². The number of H-pyrrole nitrogens is 1. The Morgan fingerprint density at radius 1 is 1.14 bits per heavy atom. The second-order valence-corrected chi connectivity index (χ2v) is 7.53. The SMILES string of the molecule is CN=C(NCCCCN1CCN(C)CC1)NCCc1c[nH]c2ccc(F)cc12.I. The van der Waals surface area contributed by atoms with Gasteiger partial charge in [0.2, 0.25) is 0 Å². The number of rotatable bonds is 8. The average Bonchev–Trinajstić information content (AvgIpc) is 3.10. The molecule has 29 heavy (non-hydrogen) atoms. The number of likely N-dealkylation sites (N-methyl/N-ethyl adjacent to an activating group) is 1. The molecule has 3 N–H and O–H groups in total. The van der Waals surface area contributed by atoms with Crippen molar-refractivity contribution < 1.29 is 4.39 Å². The van der Waals surface area contributed by atoms with Crippen molar-refractivity contribution in [3.63, 3.8) is 0 Å². The van der Waals surface area contributed by atoms with Gasteiger partial charge in [-0.05, 0) is 56.6 Å². The van der Waals surface area contributed by atoms with Crippen LogP contribution in [0.15, 0.2) is 29.4 Å². The number of fused-ring (bicyclic) bond motifs is 1. The van der Waals surface area contributed by atoms with Gasteiger partial charge in [-0.2, -0.15) is 0 Å². The molecular weight excluding hydrogens is 482 g/mol. The standard InChI is InChI=1S/C21H33FN6.HI/c1-23-21(24-8-3-4-10-28-13-11-27(2)12-14-28)25-9-7-17-16-26-20-6-5-18(22)15-19(17)20;/h5-6,15-16,26H,3-4,7-14H2,1-2H3,(H2,23,24,25);1H. The minimum absolute atomic E-state index is 0. The molecule has 0 bridgehead atoms. The number of piperazine rings is 1. The maximum atomic E-state index is 13.5. The number of hydrogen-bond acceptors (Lipinski definition) is 3. The molecule has 2 heterocycles. The first-order chi connectivity index (χ1) is 13.7. The van der Waals surface area contributed by atoms with Gasteiger partial charge >= 0.3 is 0 Å². The van der Waals surface area contributed by atoms with E-state index in [2.05, 4.69) is 37.5 Å². The summed E-state index contributed by atoms with van der Waals surface area (Å²) in [5, 5.41) is 7.68. The largest absolute Gasteiger partial charge is 0.361 e. The fourth-order valence-electron chi connectivity index (χ4n) is 3.63. The van der Waals surface area contributed by atoms with Crippen molar-refractivity contribution in [2.75, 3.05) is 59.9 Å². The van der Waals surface area contributed by atoms with Crippen LogP contribution in [0.4, 0.5) is 4.39 Å². The second kappa shape index (κ2) is 12.3. The zero-order valence-corrected chi connectivity index (χ0v) is 19.8. The highest BCUT2D eigenvalue weighted by atomic mass is 127. The van der Waals surface area contributed by atoms with Gasteiger partial charge in [0.1, 0.15) is 5.82 Å². The first kappa shape index (κ1) is 23.9. The molecule has 162 valence electrons. The predicted molar refractivity (Wildman–Crippen MR) is 130 cm³/mol. The summed E-state index contributed by atoms with van der Waals surface area (Å²) in [4.78, 5) is 12.4. The molecule has 0 radical (unpaired) electrons. The molecule has 0 unspecified atom stereocenters. The summed E-state index contributed by atoms with van der Waals surface area (Å²) in [5.41, 5.74) is 2.09. The first-order valence-electron chi connectivity index (χ1n) is 10.3. The molecule has 0 atom stereocenters. The Morgan fingerprint density at radius 3 is 2.66 bits per heavy atom. The quantitative estimate of drug-likeness (QED) is 0.219. The van der Waals surface area contributed by atoms with E-state index in [-0.39, 0.29) is 29.8 Å². The number of aliphatic imine (C=N–C) groups is 1. The van der Waals surface area contributed by atoms with Crippen LogP contribution in [0.25, 0.3) is 10.9 Å². The molecule has 1 aliphatic heterocycles. The maximum absolute atomic E-state index is 13.5. The lowest BCUT2D eigenvalue weighted by molar-refractivity contribution is 0.152. The molecule has 1 fully saturated rings. The van der Waals surface area contributed by atoms with Gasteiger partial charge < -0.3 is 25.4 Å². The van der Waals surface area contributed by atoms with Gasteiger partial charge in [0, 0.05) is 63.4 Å². The molecule has 1 aliphatic rings. The van der Waals surface area contributed by atoms with Gasteiger partial charge in [-0.25, -0.2) is 4.39 Å². The van der Waals surface area contributed by atoms with Crippen LogP contribution in [0.5, 0.6) is 0 Å². The van der Waals surface area contributed by atoms with Crippen molar-refractivity contribution in [2.45, 2.75) is 19.3 Å². The van der Waals surface area contributed by atoms with Crippen molar-refractivity contribution in [1.82, 2.24) is 25.4 Å². The lowest BCUT2D eigenvalue weighted by Gasteiger charge is -2.32. The molecule has 0 spiro atoms. The normalized spacial score (nSPS) is 16.0. The number of benzene rings is 1. The molecule has 1 saturated heterocycles. The van der Waals surface area contributed by atoms with E-state index in [9.17, 15) is 4.39 Å². The Hall–Kier alpha value is -1.39. The van der Waals surface area contributed by atoms with E-state index in [4.69, 9.17) is 0 Å². The number of hydrogen-bond donors (Lipinski definition) is 3. The van der Waals surface area contributed by atoms with Gasteiger partial charge in [-0.3, -0.25) is 4.99 Å². The van der Waals surface area contributed by atoms with Gasteiger partial charge in [-0.1, -0.05) is 0 Å². The minimum Gasteiger partial charge on any atom is -0.361 e. The molecule has 2 aromatic rings. The number of nitrogens with zero attached hydrogens (tertiary/aromatic N) is 3. The summed E-state index contributed by atoms with van der Waals surface area (Å²) in [7, 11) is 3.98. The van der Waals surface area contributed by atoms with Crippen LogP contribution in [0.1, 0.15) is 18.4 Å². The van der Waals surface area contributed by atoms with Crippen LogP contribution in [-0.2, 0) is 6.42 Å². The Bertz CT molecular complexity index is 770. The highest BCUT2D eigenvalue weighted by molar-refractivity contribution is 14.0. The Kier molecular flexibility index (Phi) is 10.2. The predicted octanol–water partition coefficient (Wildman–Crippen LogP) is 2.66. The molecular formula is C21H34FIN6. The van der Waals surface area contributed by atoms with Crippen molar-refractivity contribution in [2.24, 2.45) is 4.99 Å². The van der Waals surface area contributed by atoms with E-state index < -0.39 is 0 Å². The topological polar surface area (TPSA) is 58.7 Å². The molecule has 8 heteroatoms. The highest BCUT2D eigenvalue weighted by Gasteiger charge is 2.12. The molecule has 6 nitrogen and oxygen atoms in total. The molecule has 1 aromatic carbocycles. The summed E-state index contributed by atoms with van der Waals surface area (Å²) >= 11 is 0. The third-order valence-corrected chi connectivity index (χ3v) is 5.43. The summed E-state index contributed by atoms with van der Waals surface area (Å²) in [6.07, 6.45) is 5.11. The third kappa shape index (κ3) is 7.42. The second-order valence-electron chi connectivity index (χ2n) is 7.53. The third-order valence-electron chi connectivity index (χ3n) is 5.43. The molecule has 0 aliphatic carbocycles. The summed E-state index contributed by atoms with van der Waals surface area (Å²) in [6.45, 7) is 7.58. The van der Waals surface area contributed by atoms with Crippen LogP contribution in [-0.4, -0.2) is 80.7 Å². The van der Waals surface area contributed by atoms with Crippen LogP contribution < -0.4 is 10.6 Å². The smallest absolute Gasteiger partial charge is 0.190 e. The number of guanidine groups is 1. The first-order valence-corrected chi connectivity index (χ1v) is 10.3. The van der Waals surface area contributed by atoms with Gasteiger partial charge in [0.25, 0.3) is 0 Å². The van der Waals surface area contributed by atoms with Gasteiger partial charge in [0.05, 0.1) is 0 Å². The van der Waals surface area contributed by atoms with E-state index in [0.29, 0.717) is 0 Å². The molecule has 1 aromatic heterocycles. The summed E-state index contributed by atoms with van der Waals surface area (Å²) in [6, 6.07) is 4.86. The van der Waals surface area contributed by atoms with Gasteiger partial charge in [-0.15, -0.1) is 24.0 Å². The lowest BCUT2D eigenvalue weighted by Crippen LogP contribution is -2.44. The van der Waals surface area contributed by atoms with E-state index >= 15 is 0 Å². The van der Waals surface area contributed by atoms with Crippen molar-refractivity contribution in [3.05, 3.63) is 35.8 Å². The monoisotopic (exact) mass is 516 g/mol. The summed E-state index contributed by atoms with van der Waals surface area (Å²) in [5.74, 6) is 0.626. The zero-order valence-electron chi connectivity index (χ0n) is 17.5. The van der Waals surface area contributed by atoms with Crippen LogP contribution >= 0.6 is 24.0 Å². The minimum atomic E-state index is -0.199. The number of nitrogens with one attached hydrogen (secondary N) is 3. The Balaban J connectivity index is 0.00000300. The Labute approximate surface area is 190 Å². The number of aromatic nitrogens is 1. The molecule has 0 saturated carbocycles. The van der Waals surface area contributed by atoms with Crippen LogP contribution in [0.2, 0.25) is 0 Å². The van der Waals surface area contributed by atoms with Gasteiger partial charge in [0.15, 0.2) is 5.96 Å². The van der Waals surface area contributed by atoms with E-state index in [0.717, 1.165) is 48.4 Å². The maximum Gasteiger partial charge on any atom is 0.190 e. The van der Waals surface area contributed by atoms with E-state index in [1.54, 1.807) is 19.2 Å². The molecule has 3 rings (SSSR count). The van der Waals surface area contributed by atoms with Crippen molar-refractivity contribution in [1.29, 1.82) is 0 Å². The molecule has 0 amide bonds. The van der Waals surface area contributed by atoms with Crippen LogP contribution in [0, 0.1) is 5.82 Å². The van der Waals surface area contributed by atoms with E-state index in [1.165, 1.54) is 45.2 Å². The van der Waals surface area contributed by atoms with Crippen molar-refractivity contribution in [3.8, 4) is 0 Å². The average molecular weight is 516 g/mol.